The van der Waals surface area contributed by atoms with Gasteiger partial charge in [0.05, 0.1) is 17.4 Å². The number of nitrogens with zero attached hydrogens (tertiary/aromatic N) is 2. The van der Waals surface area contributed by atoms with Gasteiger partial charge in [0.25, 0.3) is 5.91 Å². The Labute approximate surface area is 166 Å². The van der Waals surface area contributed by atoms with E-state index in [0.29, 0.717) is 22.9 Å². The van der Waals surface area contributed by atoms with Gasteiger partial charge < -0.3 is 15.4 Å². The molecule has 1 aliphatic heterocycles. The van der Waals surface area contributed by atoms with Gasteiger partial charge in [-0.3, -0.25) is 4.79 Å². The van der Waals surface area contributed by atoms with Gasteiger partial charge in [-0.15, -0.1) is 0 Å². The molecule has 29 heavy (non-hydrogen) atoms. The SMILES string of the molecule is O=C(Nc1ccc(C2CCNC2)cc1)c1cnn(-c2ccc(OC(F)F)cc2)c1. The van der Waals surface area contributed by atoms with Crippen molar-refractivity contribution in [3.63, 3.8) is 0 Å². The average Bonchev–Trinajstić information content (AvgIpc) is 3.41. The molecule has 1 aromatic heterocycles. The molecule has 1 atom stereocenters. The second-order valence-corrected chi connectivity index (χ2v) is 6.81. The summed E-state index contributed by atoms with van der Waals surface area (Å²) in [6.07, 6.45) is 4.16. The molecule has 0 saturated carbocycles. The van der Waals surface area contributed by atoms with E-state index >= 15 is 0 Å². The van der Waals surface area contributed by atoms with Crippen molar-refractivity contribution in [1.29, 1.82) is 0 Å². The molecule has 2 heterocycles. The van der Waals surface area contributed by atoms with Crippen LogP contribution in [0.4, 0.5) is 14.5 Å². The van der Waals surface area contributed by atoms with Gasteiger partial charge in [-0.25, -0.2) is 4.68 Å². The Morgan fingerprint density at radius 1 is 1.17 bits per heavy atom. The molecule has 0 aliphatic carbocycles. The van der Waals surface area contributed by atoms with E-state index in [0.717, 1.165) is 19.5 Å². The zero-order valence-corrected chi connectivity index (χ0v) is 15.5. The van der Waals surface area contributed by atoms with Crippen molar-refractivity contribution in [2.75, 3.05) is 18.4 Å². The predicted molar refractivity (Wildman–Crippen MR) is 105 cm³/mol. The number of benzene rings is 2. The Balaban J connectivity index is 1.40. The maximum absolute atomic E-state index is 12.5. The van der Waals surface area contributed by atoms with Crippen LogP contribution in [-0.4, -0.2) is 35.4 Å². The Morgan fingerprint density at radius 3 is 2.59 bits per heavy atom. The number of amides is 1. The van der Waals surface area contributed by atoms with E-state index in [9.17, 15) is 13.6 Å². The van der Waals surface area contributed by atoms with Gasteiger partial charge in [0, 0.05) is 18.4 Å². The number of halogens is 2. The lowest BCUT2D eigenvalue weighted by Crippen LogP contribution is -2.11. The van der Waals surface area contributed by atoms with Crippen LogP contribution in [0.25, 0.3) is 5.69 Å². The van der Waals surface area contributed by atoms with Crippen LogP contribution in [0.3, 0.4) is 0 Å². The van der Waals surface area contributed by atoms with Gasteiger partial charge in [-0.2, -0.15) is 13.9 Å². The summed E-state index contributed by atoms with van der Waals surface area (Å²) in [6, 6.07) is 13.9. The van der Waals surface area contributed by atoms with Crippen molar-refractivity contribution < 1.29 is 18.3 Å². The predicted octanol–water partition coefficient (Wildman–Crippen LogP) is 3.80. The fourth-order valence-corrected chi connectivity index (χ4v) is 3.34. The topological polar surface area (TPSA) is 68.2 Å². The Kier molecular flexibility index (Phi) is 5.53. The van der Waals surface area contributed by atoms with E-state index in [1.807, 2.05) is 24.3 Å². The van der Waals surface area contributed by atoms with E-state index in [1.165, 1.54) is 28.6 Å². The van der Waals surface area contributed by atoms with Gasteiger partial charge >= 0.3 is 6.61 Å². The molecule has 0 spiro atoms. The van der Waals surface area contributed by atoms with E-state index < -0.39 is 6.61 Å². The quantitative estimate of drug-likeness (QED) is 0.663. The molecule has 150 valence electrons. The molecule has 1 aliphatic rings. The Bertz CT molecular complexity index is 965. The lowest BCUT2D eigenvalue weighted by molar-refractivity contribution is -0.0498. The van der Waals surface area contributed by atoms with Crippen molar-refractivity contribution in [2.24, 2.45) is 0 Å². The van der Waals surface area contributed by atoms with Crippen molar-refractivity contribution >= 4 is 11.6 Å². The number of rotatable bonds is 6. The van der Waals surface area contributed by atoms with Crippen LogP contribution in [0.15, 0.2) is 60.9 Å². The zero-order chi connectivity index (χ0) is 20.2. The first kappa shape index (κ1) is 19.1. The number of anilines is 1. The highest BCUT2D eigenvalue weighted by Gasteiger charge is 2.16. The molecular weight excluding hydrogens is 378 g/mol. The fraction of sp³-hybridized carbons (Fsp3) is 0.238. The number of nitrogens with one attached hydrogen (secondary N) is 2. The molecule has 2 N–H and O–H groups in total. The number of hydrogen-bond acceptors (Lipinski definition) is 4. The highest BCUT2D eigenvalue weighted by molar-refractivity contribution is 6.04. The molecule has 1 fully saturated rings. The van der Waals surface area contributed by atoms with Gasteiger partial charge in [-0.05, 0) is 60.8 Å². The molecule has 0 radical (unpaired) electrons. The van der Waals surface area contributed by atoms with Gasteiger partial charge in [-0.1, -0.05) is 12.1 Å². The number of hydrogen-bond donors (Lipinski definition) is 2. The molecule has 8 heteroatoms. The smallest absolute Gasteiger partial charge is 0.387 e. The van der Waals surface area contributed by atoms with Crippen LogP contribution < -0.4 is 15.4 Å². The minimum atomic E-state index is -2.87. The highest BCUT2D eigenvalue weighted by atomic mass is 19.3. The molecule has 4 rings (SSSR count). The first-order valence-electron chi connectivity index (χ1n) is 9.30. The molecule has 2 aromatic carbocycles. The summed E-state index contributed by atoms with van der Waals surface area (Å²) in [5, 5.41) is 10.4. The van der Waals surface area contributed by atoms with Crippen LogP contribution in [0.2, 0.25) is 0 Å². The number of aromatic nitrogens is 2. The normalized spacial score (nSPS) is 16.2. The van der Waals surface area contributed by atoms with Crippen LogP contribution in [-0.2, 0) is 0 Å². The number of carbonyl (C=O) groups excluding carboxylic acids is 1. The van der Waals surface area contributed by atoms with Crippen molar-refractivity contribution in [1.82, 2.24) is 15.1 Å². The van der Waals surface area contributed by atoms with E-state index in [2.05, 4.69) is 20.5 Å². The summed E-state index contributed by atoms with van der Waals surface area (Å²) in [4.78, 5) is 12.5. The maximum Gasteiger partial charge on any atom is 0.387 e. The first-order chi connectivity index (χ1) is 14.1. The van der Waals surface area contributed by atoms with Crippen LogP contribution in [0, 0.1) is 0 Å². The number of ether oxygens (including phenoxy) is 1. The lowest BCUT2D eigenvalue weighted by atomic mass is 9.98. The fourth-order valence-electron chi connectivity index (χ4n) is 3.34. The molecule has 1 saturated heterocycles. The van der Waals surface area contributed by atoms with E-state index in [1.54, 1.807) is 18.3 Å². The summed E-state index contributed by atoms with van der Waals surface area (Å²) < 4.78 is 30.3. The summed E-state index contributed by atoms with van der Waals surface area (Å²) in [5.74, 6) is 0.311. The first-order valence-corrected chi connectivity index (χ1v) is 9.30. The number of alkyl halides is 2. The summed E-state index contributed by atoms with van der Waals surface area (Å²) in [5.41, 5.74) is 2.99. The van der Waals surface area contributed by atoms with Crippen LogP contribution in [0.1, 0.15) is 28.3 Å². The van der Waals surface area contributed by atoms with Crippen molar-refractivity contribution in [3.05, 3.63) is 72.1 Å². The second-order valence-electron chi connectivity index (χ2n) is 6.81. The summed E-state index contributed by atoms with van der Waals surface area (Å²) >= 11 is 0. The Morgan fingerprint density at radius 2 is 1.93 bits per heavy atom. The van der Waals surface area contributed by atoms with Crippen molar-refractivity contribution in [2.45, 2.75) is 19.0 Å². The molecule has 0 bridgehead atoms. The number of carbonyl (C=O) groups is 1. The third-order valence-electron chi connectivity index (χ3n) is 4.87. The van der Waals surface area contributed by atoms with Gasteiger partial charge in [0.2, 0.25) is 0 Å². The third-order valence-corrected chi connectivity index (χ3v) is 4.87. The zero-order valence-electron chi connectivity index (χ0n) is 15.5. The van der Waals surface area contributed by atoms with E-state index in [4.69, 9.17) is 0 Å². The second kappa shape index (κ2) is 8.40. The molecule has 1 amide bonds. The average molecular weight is 398 g/mol. The van der Waals surface area contributed by atoms with Gasteiger partial charge in [0.15, 0.2) is 0 Å². The monoisotopic (exact) mass is 398 g/mol. The van der Waals surface area contributed by atoms with Crippen molar-refractivity contribution in [3.8, 4) is 11.4 Å². The minimum Gasteiger partial charge on any atom is -0.435 e. The molecular formula is C21H20F2N4O2. The minimum absolute atomic E-state index is 0.0608. The third kappa shape index (κ3) is 4.60. The molecule has 1 unspecified atom stereocenters. The van der Waals surface area contributed by atoms with Gasteiger partial charge in [0.1, 0.15) is 5.75 Å². The van der Waals surface area contributed by atoms with Crippen LogP contribution >= 0.6 is 0 Å². The van der Waals surface area contributed by atoms with Crippen LogP contribution in [0.5, 0.6) is 5.75 Å². The molecule has 6 nitrogen and oxygen atoms in total. The summed E-state index contributed by atoms with van der Waals surface area (Å²) in [6.45, 7) is -0.848. The lowest BCUT2D eigenvalue weighted by Gasteiger charge is -2.10. The Hall–Kier alpha value is -3.26. The largest absolute Gasteiger partial charge is 0.435 e. The summed E-state index contributed by atoms with van der Waals surface area (Å²) in [7, 11) is 0. The maximum atomic E-state index is 12.5. The molecule has 3 aromatic rings. The standard InChI is InChI=1S/C21H20F2N4O2/c22-21(23)29-19-7-5-18(6-8-19)27-13-16(12-25-27)20(28)26-17-3-1-14(2-4-17)15-9-10-24-11-15/h1-8,12-13,15,21,24H,9-11H2,(H,26,28). The van der Waals surface area contributed by atoms with E-state index in [-0.39, 0.29) is 11.7 Å². The highest BCUT2D eigenvalue weighted by Crippen LogP contribution is 2.24.